The zero-order chi connectivity index (χ0) is 19.5. The van der Waals surface area contributed by atoms with Crippen LogP contribution >= 0.6 is 0 Å². The van der Waals surface area contributed by atoms with Gasteiger partial charge in [0.05, 0.1) is 0 Å². The Morgan fingerprint density at radius 2 is 1.69 bits per heavy atom. The first-order valence-electron chi connectivity index (χ1n) is 9.38. The van der Waals surface area contributed by atoms with Crippen molar-refractivity contribution < 1.29 is 14.3 Å². The molecule has 0 bridgehead atoms. The molecule has 5 nitrogen and oxygen atoms in total. The van der Waals surface area contributed by atoms with Crippen molar-refractivity contribution in [2.75, 3.05) is 19.7 Å². The third-order valence-corrected chi connectivity index (χ3v) is 5.08. The summed E-state index contributed by atoms with van der Waals surface area (Å²) in [6.45, 7) is 13.2. The van der Waals surface area contributed by atoms with Crippen molar-refractivity contribution in [1.29, 1.82) is 0 Å². The molecule has 1 heterocycles. The van der Waals surface area contributed by atoms with Crippen molar-refractivity contribution in [1.82, 2.24) is 10.2 Å². The second kappa shape index (κ2) is 8.11. The fraction of sp³-hybridized carbons (Fsp3) is 0.619. The lowest BCUT2D eigenvalue weighted by atomic mass is 9.94. The van der Waals surface area contributed by atoms with Crippen LogP contribution < -0.4 is 10.1 Å². The summed E-state index contributed by atoms with van der Waals surface area (Å²) >= 11 is 0. The maximum Gasteiger partial charge on any atom is 0.260 e. The van der Waals surface area contributed by atoms with Gasteiger partial charge in [-0.1, -0.05) is 32.9 Å². The van der Waals surface area contributed by atoms with Gasteiger partial charge >= 0.3 is 0 Å². The van der Waals surface area contributed by atoms with E-state index in [2.05, 4.69) is 11.4 Å². The number of carbonyl (C=O) groups excluding carboxylic acids is 2. The van der Waals surface area contributed by atoms with Gasteiger partial charge in [-0.3, -0.25) is 9.59 Å². The van der Waals surface area contributed by atoms with Crippen molar-refractivity contribution in [2.24, 2.45) is 5.41 Å². The molecule has 0 radical (unpaired) electrons. The topological polar surface area (TPSA) is 58.6 Å². The summed E-state index contributed by atoms with van der Waals surface area (Å²) < 4.78 is 5.84. The summed E-state index contributed by atoms with van der Waals surface area (Å²) in [6, 6.07) is 4.23. The van der Waals surface area contributed by atoms with Crippen LogP contribution in [0.1, 0.15) is 50.3 Å². The van der Waals surface area contributed by atoms with Crippen molar-refractivity contribution in [3.63, 3.8) is 0 Å². The molecule has 0 aliphatic carbocycles. The zero-order valence-electron chi connectivity index (χ0n) is 16.9. The highest BCUT2D eigenvalue weighted by atomic mass is 16.5. The molecule has 0 atom stereocenters. The number of hydrogen-bond donors (Lipinski definition) is 1. The first-order valence-corrected chi connectivity index (χ1v) is 9.38. The Morgan fingerprint density at radius 3 is 2.27 bits per heavy atom. The Labute approximate surface area is 157 Å². The lowest BCUT2D eigenvalue weighted by Gasteiger charge is -2.33. The third kappa shape index (κ3) is 4.99. The molecule has 0 aromatic heterocycles. The van der Waals surface area contributed by atoms with Gasteiger partial charge in [-0.25, -0.2) is 0 Å². The molecule has 1 aliphatic rings. The van der Waals surface area contributed by atoms with Crippen molar-refractivity contribution in [2.45, 2.75) is 60.4 Å². The molecular formula is C21H32N2O3. The largest absolute Gasteiger partial charge is 0.483 e. The summed E-state index contributed by atoms with van der Waals surface area (Å²) in [5.41, 5.74) is 2.91. The highest BCUT2D eigenvalue weighted by Crippen LogP contribution is 2.26. The molecule has 1 aliphatic heterocycles. The smallest absolute Gasteiger partial charge is 0.260 e. The Morgan fingerprint density at radius 1 is 1.12 bits per heavy atom. The maximum absolute atomic E-state index is 12.5. The fourth-order valence-electron chi connectivity index (χ4n) is 3.05. The van der Waals surface area contributed by atoms with Crippen LogP contribution in [0.15, 0.2) is 12.1 Å². The number of hydrogen-bond acceptors (Lipinski definition) is 3. The Hall–Kier alpha value is -2.04. The van der Waals surface area contributed by atoms with Crippen LogP contribution in [0, 0.1) is 26.2 Å². The molecule has 0 saturated carbocycles. The standard InChI is InChI=1S/C21H32N2O3/c1-14-7-8-15(2)19(16(14)3)26-13-18(24)23-11-9-17(10-12-23)22-20(25)21(4,5)6/h7-8,17H,9-13H2,1-6H3,(H,22,25). The van der Waals surface area contributed by atoms with Crippen molar-refractivity contribution in [3.8, 4) is 5.75 Å². The van der Waals surface area contributed by atoms with Crippen LogP contribution in [-0.4, -0.2) is 42.5 Å². The van der Waals surface area contributed by atoms with Gasteiger partial charge in [-0.15, -0.1) is 0 Å². The number of rotatable bonds is 4. The molecule has 1 fully saturated rings. The van der Waals surface area contributed by atoms with Gasteiger partial charge in [0.15, 0.2) is 6.61 Å². The molecule has 1 N–H and O–H groups in total. The van der Waals surface area contributed by atoms with Crippen LogP contribution in [0.3, 0.4) is 0 Å². The van der Waals surface area contributed by atoms with Gasteiger partial charge < -0.3 is 15.0 Å². The highest BCUT2D eigenvalue weighted by Gasteiger charge is 2.28. The second-order valence-corrected chi connectivity index (χ2v) is 8.32. The number of aryl methyl sites for hydroxylation is 2. The molecule has 144 valence electrons. The molecule has 5 heteroatoms. The van der Waals surface area contributed by atoms with E-state index in [-0.39, 0.29) is 29.9 Å². The van der Waals surface area contributed by atoms with Crippen LogP contribution in [0.2, 0.25) is 0 Å². The van der Waals surface area contributed by atoms with Crippen LogP contribution in [0.5, 0.6) is 5.75 Å². The van der Waals surface area contributed by atoms with Gasteiger partial charge in [-0.05, 0) is 50.3 Å². The predicted octanol–water partition coefficient (Wildman–Crippen LogP) is 3.14. The fourth-order valence-corrected chi connectivity index (χ4v) is 3.05. The van der Waals surface area contributed by atoms with Gasteiger partial charge in [0.1, 0.15) is 5.75 Å². The van der Waals surface area contributed by atoms with Gasteiger partial charge in [-0.2, -0.15) is 0 Å². The first-order chi connectivity index (χ1) is 12.1. The third-order valence-electron chi connectivity index (χ3n) is 5.08. The summed E-state index contributed by atoms with van der Waals surface area (Å²) in [4.78, 5) is 26.4. The molecule has 2 rings (SSSR count). The summed E-state index contributed by atoms with van der Waals surface area (Å²) in [6.07, 6.45) is 1.58. The van der Waals surface area contributed by atoms with Crippen LogP contribution in [0.4, 0.5) is 0 Å². The van der Waals surface area contributed by atoms with Gasteiger partial charge in [0, 0.05) is 24.5 Å². The van der Waals surface area contributed by atoms with E-state index in [0.717, 1.165) is 35.3 Å². The van der Waals surface area contributed by atoms with Crippen molar-refractivity contribution in [3.05, 3.63) is 28.8 Å². The number of likely N-dealkylation sites (tertiary alicyclic amines) is 1. The first kappa shape index (κ1) is 20.3. The number of amides is 2. The Kier molecular flexibility index (Phi) is 6.32. The molecule has 0 spiro atoms. The minimum absolute atomic E-state index is 0.00547. The molecule has 1 aromatic rings. The van der Waals surface area contributed by atoms with Crippen LogP contribution in [-0.2, 0) is 9.59 Å². The minimum Gasteiger partial charge on any atom is -0.483 e. The molecule has 1 saturated heterocycles. The molecule has 2 amide bonds. The maximum atomic E-state index is 12.5. The lowest BCUT2D eigenvalue weighted by Crippen LogP contribution is -2.49. The quantitative estimate of drug-likeness (QED) is 0.897. The number of nitrogens with one attached hydrogen (secondary N) is 1. The van der Waals surface area contributed by atoms with E-state index in [4.69, 9.17) is 4.74 Å². The number of ether oxygens (including phenoxy) is 1. The number of carbonyl (C=O) groups is 2. The molecule has 26 heavy (non-hydrogen) atoms. The summed E-state index contributed by atoms with van der Waals surface area (Å²) in [5, 5.41) is 3.09. The minimum atomic E-state index is -0.385. The zero-order valence-corrected chi connectivity index (χ0v) is 16.9. The van der Waals surface area contributed by atoms with Gasteiger partial charge in [0.2, 0.25) is 5.91 Å². The van der Waals surface area contributed by atoms with E-state index in [0.29, 0.717) is 13.1 Å². The van der Waals surface area contributed by atoms with Crippen molar-refractivity contribution >= 4 is 11.8 Å². The average Bonchev–Trinajstić information content (AvgIpc) is 2.58. The van der Waals surface area contributed by atoms with E-state index in [9.17, 15) is 9.59 Å². The van der Waals surface area contributed by atoms with E-state index < -0.39 is 0 Å². The number of benzene rings is 1. The Balaban J connectivity index is 1.84. The van der Waals surface area contributed by atoms with Crippen LogP contribution in [0.25, 0.3) is 0 Å². The highest BCUT2D eigenvalue weighted by molar-refractivity contribution is 5.81. The molecule has 0 unspecified atom stereocenters. The molecule has 1 aromatic carbocycles. The lowest BCUT2D eigenvalue weighted by molar-refractivity contribution is -0.134. The van der Waals surface area contributed by atoms with Gasteiger partial charge in [0.25, 0.3) is 5.91 Å². The van der Waals surface area contributed by atoms with E-state index >= 15 is 0 Å². The van der Waals surface area contributed by atoms with E-state index in [1.165, 1.54) is 0 Å². The normalized spacial score (nSPS) is 15.7. The average molecular weight is 360 g/mol. The summed E-state index contributed by atoms with van der Waals surface area (Å²) in [7, 11) is 0. The number of piperidine rings is 1. The summed E-state index contributed by atoms with van der Waals surface area (Å²) in [5.74, 6) is 0.882. The van der Waals surface area contributed by atoms with E-state index in [1.807, 2.05) is 52.5 Å². The second-order valence-electron chi connectivity index (χ2n) is 8.32. The predicted molar refractivity (Wildman–Crippen MR) is 103 cm³/mol. The van der Waals surface area contributed by atoms with E-state index in [1.54, 1.807) is 0 Å². The monoisotopic (exact) mass is 360 g/mol. The SMILES string of the molecule is Cc1ccc(C)c(OCC(=O)N2CCC(NC(=O)C(C)(C)C)CC2)c1C. The Bertz CT molecular complexity index is 669. The molecular weight excluding hydrogens is 328 g/mol. The number of nitrogens with zero attached hydrogens (tertiary/aromatic N) is 1.